The van der Waals surface area contributed by atoms with Crippen LogP contribution in [0.3, 0.4) is 0 Å². The van der Waals surface area contributed by atoms with Crippen molar-refractivity contribution in [2.45, 2.75) is 51.6 Å². The number of rotatable bonds is 7. The molecule has 0 radical (unpaired) electrons. The highest BCUT2D eigenvalue weighted by Crippen LogP contribution is 2.24. The molecule has 4 amide bonds. The first-order valence-corrected chi connectivity index (χ1v) is 10.5. The van der Waals surface area contributed by atoms with E-state index in [-0.39, 0.29) is 37.4 Å². The molecule has 0 aromatic heterocycles. The fourth-order valence-electron chi connectivity index (χ4n) is 3.87. The van der Waals surface area contributed by atoms with Crippen LogP contribution in [0.25, 0.3) is 0 Å². The van der Waals surface area contributed by atoms with Crippen LogP contribution in [0, 0.1) is 0 Å². The van der Waals surface area contributed by atoms with Crippen LogP contribution in [0.4, 0.5) is 0 Å². The molecule has 0 saturated carbocycles. The third kappa shape index (κ3) is 4.92. The van der Waals surface area contributed by atoms with Gasteiger partial charge in [0.1, 0.15) is 6.04 Å². The van der Waals surface area contributed by atoms with Crippen LogP contribution >= 0.6 is 0 Å². The van der Waals surface area contributed by atoms with E-state index in [1.807, 2.05) is 0 Å². The number of hydrogen-bond donors (Lipinski definition) is 1. The van der Waals surface area contributed by atoms with Gasteiger partial charge < -0.3 is 15.0 Å². The van der Waals surface area contributed by atoms with E-state index in [9.17, 15) is 24.0 Å². The predicted molar refractivity (Wildman–Crippen MR) is 110 cm³/mol. The van der Waals surface area contributed by atoms with Gasteiger partial charge in [0.15, 0.2) is 0 Å². The Morgan fingerprint density at radius 2 is 1.65 bits per heavy atom. The van der Waals surface area contributed by atoms with Crippen molar-refractivity contribution in [3.05, 3.63) is 35.4 Å². The van der Waals surface area contributed by atoms with E-state index in [0.717, 1.165) is 4.90 Å². The van der Waals surface area contributed by atoms with Crippen molar-refractivity contribution < 1.29 is 28.7 Å². The van der Waals surface area contributed by atoms with Crippen molar-refractivity contribution in [2.75, 3.05) is 19.7 Å². The number of fused-ring (bicyclic) bond motifs is 1. The molecule has 166 valence electrons. The van der Waals surface area contributed by atoms with Gasteiger partial charge >= 0.3 is 5.97 Å². The lowest BCUT2D eigenvalue weighted by Gasteiger charge is -2.33. The molecule has 1 fully saturated rings. The van der Waals surface area contributed by atoms with Crippen molar-refractivity contribution in [1.29, 1.82) is 0 Å². The Morgan fingerprint density at radius 3 is 2.19 bits per heavy atom. The molecule has 9 heteroatoms. The molecule has 2 heterocycles. The van der Waals surface area contributed by atoms with E-state index in [0.29, 0.717) is 37.1 Å². The van der Waals surface area contributed by atoms with E-state index in [2.05, 4.69) is 5.32 Å². The van der Waals surface area contributed by atoms with Gasteiger partial charge in [-0.05, 0) is 38.8 Å². The van der Waals surface area contributed by atoms with Crippen molar-refractivity contribution >= 4 is 29.6 Å². The summed E-state index contributed by atoms with van der Waals surface area (Å²) in [5.74, 6) is -1.84. The lowest BCUT2D eigenvalue weighted by Crippen LogP contribution is -2.53. The van der Waals surface area contributed by atoms with Gasteiger partial charge in [-0.3, -0.25) is 28.9 Å². The van der Waals surface area contributed by atoms with Crippen LogP contribution in [0.2, 0.25) is 0 Å². The Balaban J connectivity index is 1.48. The highest BCUT2D eigenvalue weighted by atomic mass is 16.5. The van der Waals surface area contributed by atoms with Gasteiger partial charge in [0.05, 0.1) is 24.2 Å². The summed E-state index contributed by atoms with van der Waals surface area (Å²) in [5.41, 5.74) is 0.614. The van der Waals surface area contributed by atoms with E-state index >= 15 is 0 Å². The summed E-state index contributed by atoms with van der Waals surface area (Å²) >= 11 is 0. The fraction of sp³-hybridized carbons (Fsp3) is 0.500. The number of esters is 1. The third-order valence-electron chi connectivity index (χ3n) is 5.63. The second kappa shape index (κ2) is 9.72. The molecular formula is C22H27N3O6. The van der Waals surface area contributed by atoms with Gasteiger partial charge in [-0.25, -0.2) is 0 Å². The fourth-order valence-corrected chi connectivity index (χ4v) is 3.87. The summed E-state index contributed by atoms with van der Waals surface area (Å²) in [6, 6.07) is 5.43. The number of benzene rings is 1. The molecule has 1 saturated heterocycles. The summed E-state index contributed by atoms with van der Waals surface area (Å²) in [7, 11) is 0. The summed E-state index contributed by atoms with van der Waals surface area (Å²) in [4.78, 5) is 64.1. The van der Waals surface area contributed by atoms with Gasteiger partial charge in [0.25, 0.3) is 11.8 Å². The molecule has 9 nitrogen and oxygen atoms in total. The zero-order chi connectivity index (χ0) is 22.5. The minimum Gasteiger partial charge on any atom is -0.466 e. The van der Waals surface area contributed by atoms with Gasteiger partial charge in [-0.1, -0.05) is 12.1 Å². The number of nitrogens with one attached hydrogen (secondary N) is 1. The predicted octanol–water partition coefficient (Wildman–Crippen LogP) is 1.12. The smallest absolute Gasteiger partial charge is 0.306 e. The zero-order valence-corrected chi connectivity index (χ0v) is 17.8. The summed E-state index contributed by atoms with van der Waals surface area (Å²) in [5, 5.41) is 2.89. The Bertz CT molecular complexity index is 856. The number of amides is 4. The minimum absolute atomic E-state index is 0.0567. The van der Waals surface area contributed by atoms with Crippen LogP contribution in [-0.4, -0.2) is 71.2 Å². The first-order valence-electron chi connectivity index (χ1n) is 10.5. The van der Waals surface area contributed by atoms with Crippen molar-refractivity contribution in [2.24, 2.45) is 0 Å². The number of imide groups is 1. The number of ether oxygens (including phenoxy) is 1. The highest BCUT2D eigenvalue weighted by molar-refractivity contribution is 6.22. The second-order valence-corrected chi connectivity index (χ2v) is 7.67. The molecule has 2 aliphatic heterocycles. The largest absolute Gasteiger partial charge is 0.466 e. The van der Waals surface area contributed by atoms with E-state index in [1.54, 1.807) is 36.1 Å². The molecule has 1 N–H and O–H groups in total. The lowest BCUT2D eigenvalue weighted by molar-refractivity contribution is -0.146. The molecule has 1 aromatic rings. The number of piperidine rings is 1. The average Bonchev–Trinajstić information content (AvgIpc) is 3.02. The van der Waals surface area contributed by atoms with Gasteiger partial charge in [0.2, 0.25) is 11.8 Å². The Hall–Kier alpha value is -3.23. The van der Waals surface area contributed by atoms with Crippen molar-refractivity contribution in [3.8, 4) is 0 Å². The van der Waals surface area contributed by atoms with Crippen LogP contribution in [0.15, 0.2) is 24.3 Å². The van der Waals surface area contributed by atoms with Crippen LogP contribution < -0.4 is 5.32 Å². The topological polar surface area (TPSA) is 113 Å². The molecule has 3 rings (SSSR count). The van der Waals surface area contributed by atoms with E-state index in [4.69, 9.17) is 4.74 Å². The van der Waals surface area contributed by atoms with Crippen molar-refractivity contribution in [1.82, 2.24) is 15.1 Å². The summed E-state index contributed by atoms with van der Waals surface area (Å²) in [6.45, 7) is 4.47. The Labute approximate surface area is 180 Å². The van der Waals surface area contributed by atoms with Crippen molar-refractivity contribution in [3.63, 3.8) is 0 Å². The number of carbonyl (C=O) groups excluding carboxylic acids is 5. The molecule has 0 aliphatic carbocycles. The average molecular weight is 429 g/mol. The van der Waals surface area contributed by atoms with Gasteiger partial charge in [-0.2, -0.15) is 0 Å². The molecule has 2 aliphatic rings. The van der Waals surface area contributed by atoms with Crippen LogP contribution in [0.1, 0.15) is 60.2 Å². The SMILES string of the molecule is CCOC(=O)CCC(=O)N1CCC(NC(=O)C(C)N2C(=O)c3ccccc3C2=O)CC1. The van der Waals surface area contributed by atoms with E-state index in [1.165, 1.54) is 6.92 Å². The van der Waals surface area contributed by atoms with Gasteiger partial charge in [-0.15, -0.1) is 0 Å². The highest BCUT2D eigenvalue weighted by Gasteiger charge is 2.41. The summed E-state index contributed by atoms with van der Waals surface area (Å²) in [6.07, 6.45) is 1.28. The molecule has 1 atom stereocenters. The van der Waals surface area contributed by atoms with Crippen LogP contribution in [-0.2, 0) is 19.1 Å². The molecule has 0 spiro atoms. The standard InChI is InChI=1S/C22H27N3O6/c1-3-31-19(27)9-8-18(26)24-12-10-15(11-13-24)23-20(28)14(2)25-21(29)16-6-4-5-7-17(16)22(25)30/h4-7,14-15H,3,8-13H2,1-2H3,(H,23,28). The number of likely N-dealkylation sites (tertiary alicyclic amines) is 1. The molecule has 31 heavy (non-hydrogen) atoms. The third-order valence-corrected chi connectivity index (χ3v) is 5.63. The number of carbonyl (C=O) groups is 5. The van der Waals surface area contributed by atoms with Gasteiger partial charge in [0, 0.05) is 25.6 Å². The molecule has 1 unspecified atom stereocenters. The zero-order valence-electron chi connectivity index (χ0n) is 17.8. The quantitative estimate of drug-likeness (QED) is 0.513. The number of hydrogen-bond acceptors (Lipinski definition) is 6. The maximum atomic E-state index is 12.7. The van der Waals surface area contributed by atoms with E-state index < -0.39 is 23.8 Å². The minimum atomic E-state index is -0.934. The maximum Gasteiger partial charge on any atom is 0.306 e. The normalized spacial score (nSPS) is 17.4. The first-order chi connectivity index (χ1) is 14.8. The molecular weight excluding hydrogens is 402 g/mol. The molecule has 0 bridgehead atoms. The molecule has 1 aromatic carbocycles. The maximum absolute atomic E-state index is 12.7. The monoisotopic (exact) mass is 429 g/mol. The lowest BCUT2D eigenvalue weighted by atomic mass is 10.0. The Kier molecular flexibility index (Phi) is 7.04. The summed E-state index contributed by atoms with van der Waals surface area (Å²) < 4.78 is 4.83. The second-order valence-electron chi connectivity index (χ2n) is 7.67. The Morgan fingerprint density at radius 1 is 1.06 bits per heavy atom. The number of nitrogens with zero attached hydrogens (tertiary/aromatic N) is 2. The van der Waals surface area contributed by atoms with Crippen LogP contribution in [0.5, 0.6) is 0 Å². The first kappa shape index (κ1) is 22.5.